The zero-order valence-electron chi connectivity index (χ0n) is 11.8. The van der Waals surface area contributed by atoms with Gasteiger partial charge in [0.05, 0.1) is 12.2 Å². The average molecular weight is 290 g/mol. The first-order valence-corrected chi connectivity index (χ1v) is 7.84. The first-order chi connectivity index (χ1) is 10.1. The number of carbonyl (C=O) groups is 1. The number of hydrogen-bond acceptors (Lipinski definition) is 2. The minimum absolute atomic E-state index is 0.243. The zero-order valence-corrected chi connectivity index (χ0v) is 11.8. The summed E-state index contributed by atoms with van der Waals surface area (Å²) in [5, 5.41) is 9.04. The average Bonchev–Trinajstić information content (AvgIpc) is 3.35. The van der Waals surface area contributed by atoms with Crippen LogP contribution in [0.5, 0.6) is 5.75 Å². The molecule has 21 heavy (non-hydrogen) atoms. The summed E-state index contributed by atoms with van der Waals surface area (Å²) in [6.07, 6.45) is 6.02. The summed E-state index contributed by atoms with van der Waals surface area (Å²) in [6, 6.07) is 2.74. The van der Waals surface area contributed by atoms with Gasteiger partial charge in [-0.3, -0.25) is 0 Å². The molecule has 1 N–H and O–H groups in total. The van der Waals surface area contributed by atoms with Crippen LogP contribution >= 0.6 is 0 Å². The number of hydrogen-bond donors (Lipinski definition) is 1. The van der Waals surface area contributed by atoms with Gasteiger partial charge in [0, 0.05) is 6.07 Å². The lowest BCUT2D eigenvalue weighted by molar-refractivity contribution is 0.0691. The van der Waals surface area contributed by atoms with Gasteiger partial charge >= 0.3 is 5.97 Å². The third kappa shape index (κ3) is 2.30. The van der Waals surface area contributed by atoms with Gasteiger partial charge in [-0.2, -0.15) is 0 Å². The van der Waals surface area contributed by atoms with E-state index in [1.807, 2.05) is 0 Å². The van der Waals surface area contributed by atoms with Gasteiger partial charge in [0.2, 0.25) is 0 Å². The molecule has 0 unspecified atom stereocenters. The van der Waals surface area contributed by atoms with Crippen molar-refractivity contribution in [3.05, 3.63) is 29.1 Å². The molecule has 0 heterocycles. The Hall–Kier alpha value is -1.58. The smallest absolute Gasteiger partial charge is 0.338 e. The molecule has 4 rings (SSSR count). The van der Waals surface area contributed by atoms with Crippen LogP contribution in [0.4, 0.5) is 4.39 Å². The zero-order chi connectivity index (χ0) is 14.6. The van der Waals surface area contributed by atoms with Crippen LogP contribution in [0.15, 0.2) is 12.1 Å². The van der Waals surface area contributed by atoms with Crippen molar-refractivity contribution in [3.63, 3.8) is 0 Å². The molecule has 3 aliphatic rings. The Labute approximate surface area is 123 Å². The number of halogens is 1. The Morgan fingerprint density at radius 3 is 2.57 bits per heavy atom. The van der Waals surface area contributed by atoms with E-state index in [0.717, 1.165) is 30.2 Å². The van der Waals surface area contributed by atoms with Crippen LogP contribution in [0.25, 0.3) is 0 Å². The number of aromatic carboxylic acids is 1. The first kappa shape index (κ1) is 13.1. The highest BCUT2D eigenvalue weighted by atomic mass is 19.1. The summed E-state index contributed by atoms with van der Waals surface area (Å²) in [6.45, 7) is 0.654. The van der Waals surface area contributed by atoms with Crippen molar-refractivity contribution in [2.45, 2.75) is 38.0 Å². The molecule has 3 nitrogen and oxygen atoms in total. The van der Waals surface area contributed by atoms with Crippen molar-refractivity contribution < 1.29 is 19.0 Å². The van der Waals surface area contributed by atoms with Gasteiger partial charge in [0.1, 0.15) is 11.6 Å². The lowest BCUT2D eigenvalue weighted by Crippen LogP contribution is -2.08. The van der Waals surface area contributed by atoms with Gasteiger partial charge in [-0.25, -0.2) is 9.18 Å². The number of carboxylic acid groups (broad SMARTS) is 1. The van der Waals surface area contributed by atoms with E-state index in [-0.39, 0.29) is 5.56 Å². The van der Waals surface area contributed by atoms with Crippen LogP contribution in [0.2, 0.25) is 0 Å². The molecule has 3 saturated carbocycles. The van der Waals surface area contributed by atoms with Gasteiger partial charge in [-0.1, -0.05) is 6.42 Å². The third-order valence-corrected chi connectivity index (χ3v) is 5.36. The van der Waals surface area contributed by atoms with Crippen molar-refractivity contribution in [1.29, 1.82) is 0 Å². The van der Waals surface area contributed by atoms with Gasteiger partial charge < -0.3 is 9.84 Å². The lowest BCUT2D eigenvalue weighted by Gasteiger charge is -2.13. The monoisotopic (exact) mass is 290 g/mol. The number of rotatable bonds is 5. The second-order valence-electron chi connectivity index (χ2n) is 6.68. The maximum absolute atomic E-state index is 13.9. The molecular formula is C17H19FO3. The molecule has 3 atom stereocenters. The summed E-state index contributed by atoms with van der Waals surface area (Å²) in [5.41, 5.74) is 0.632. The van der Waals surface area contributed by atoms with Crippen molar-refractivity contribution in [3.8, 4) is 5.75 Å². The van der Waals surface area contributed by atoms with Gasteiger partial charge in [0.25, 0.3) is 0 Å². The van der Waals surface area contributed by atoms with E-state index in [9.17, 15) is 9.18 Å². The quantitative estimate of drug-likeness (QED) is 0.896. The van der Waals surface area contributed by atoms with Gasteiger partial charge in [0.15, 0.2) is 0 Å². The normalized spacial score (nSPS) is 30.0. The topological polar surface area (TPSA) is 46.5 Å². The Morgan fingerprint density at radius 1 is 1.24 bits per heavy atom. The van der Waals surface area contributed by atoms with Crippen molar-refractivity contribution >= 4 is 5.97 Å². The molecule has 0 amide bonds. The summed E-state index contributed by atoms with van der Waals surface area (Å²) >= 11 is 0. The van der Waals surface area contributed by atoms with Gasteiger partial charge in [-0.05, 0) is 61.0 Å². The fraction of sp³-hybridized carbons (Fsp3) is 0.588. The van der Waals surface area contributed by atoms with Crippen LogP contribution in [0, 0.1) is 23.6 Å². The second kappa shape index (κ2) is 4.72. The molecular weight excluding hydrogens is 271 g/mol. The van der Waals surface area contributed by atoms with Crippen LogP contribution in [0.3, 0.4) is 0 Å². The summed E-state index contributed by atoms with van der Waals surface area (Å²) < 4.78 is 19.8. The Kier molecular flexibility index (Phi) is 2.95. The summed E-state index contributed by atoms with van der Waals surface area (Å²) in [7, 11) is 0. The van der Waals surface area contributed by atoms with Crippen LogP contribution in [-0.4, -0.2) is 17.7 Å². The van der Waals surface area contributed by atoms with E-state index in [2.05, 4.69) is 0 Å². The largest absolute Gasteiger partial charge is 0.493 e. The fourth-order valence-corrected chi connectivity index (χ4v) is 3.98. The molecule has 1 aromatic rings. The standard InChI is InChI=1S/C17H19FO3/c18-15-7-16(21-8-14-10-2-1-3-11(10)14)12(9-4-5-9)6-13(15)17(19)20/h6-7,9-11,14H,1-5,8H2,(H,19,20)/t10-,11+,14+. The molecule has 0 bridgehead atoms. The maximum atomic E-state index is 13.9. The number of fused-ring (bicyclic) bond motifs is 1. The van der Waals surface area contributed by atoms with E-state index in [1.165, 1.54) is 31.4 Å². The van der Waals surface area contributed by atoms with E-state index in [4.69, 9.17) is 9.84 Å². The molecule has 1 aromatic carbocycles. The first-order valence-electron chi connectivity index (χ1n) is 7.84. The van der Waals surface area contributed by atoms with Crippen LogP contribution in [-0.2, 0) is 0 Å². The summed E-state index contributed by atoms with van der Waals surface area (Å²) in [4.78, 5) is 11.1. The van der Waals surface area contributed by atoms with Crippen molar-refractivity contribution in [1.82, 2.24) is 0 Å². The Balaban J connectivity index is 1.53. The van der Waals surface area contributed by atoms with Crippen LogP contribution in [0.1, 0.15) is 53.9 Å². The molecule has 0 radical (unpaired) electrons. The predicted molar refractivity (Wildman–Crippen MR) is 75.2 cm³/mol. The highest BCUT2D eigenvalue weighted by molar-refractivity contribution is 5.88. The Bertz CT molecular complexity index is 584. The molecule has 3 fully saturated rings. The highest BCUT2D eigenvalue weighted by Crippen LogP contribution is 2.57. The maximum Gasteiger partial charge on any atom is 0.338 e. The van der Waals surface area contributed by atoms with E-state index in [0.29, 0.717) is 24.2 Å². The van der Waals surface area contributed by atoms with Crippen LogP contribution < -0.4 is 4.74 Å². The molecule has 112 valence electrons. The number of ether oxygens (including phenoxy) is 1. The SMILES string of the molecule is O=C(O)c1cc(C2CC2)c(OC[C@H]2[C@@H]3CCC[C@@H]32)cc1F. The molecule has 3 aliphatic carbocycles. The molecule has 0 aliphatic heterocycles. The minimum Gasteiger partial charge on any atom is -0.493 e. The van der Waals surface area contributed by atoms with E-state index >= 15 is 0 Å². The Morgan fingerprint density at radius 2 is 1.95 bits per heavy atom. The third-order valence-electron chi connectivity index (χ3n) is 5.36. The molecule has 4 heteroatoms. The highest BCUT2D eigenvalue weighted by Gasteiger charge is 2.52. The van der Waals surface area contributed by atoms with Gasteiger partial charge in [-0.15, -0.1) is 0 Å². The van der Waals surface area contributed by atoms with E-state index in [1.54, 1.807) is 0 Å². The lowest BCUT2D eigenvalue weighted by atomic mass is 10.0. The number of carboxylic acids is 1. The van der Waals surface area contributed by atoms with Crippen molar-refractivity contribution in [2.24, 2.45) is 17.8 Å². The molecule has 0 aromatic heterocycles. The minimum atomic E-state index is -1.21. The molecule has 0 saturated heterocycles. The van der Waals surface area contributed by atoms with E-state index < -0.39 is 11.8 Å². The second-order valence-corrected chi connectivity index (χ2v) is 6.68. The fourth-order valence-electron chi connectivity index (χ4n) is 3.98. The summed E-state index contributed by atoms with van der Waals surface area (Å²) in [5.74, 6) is 1.26. The molecule has 0 spiro atoms. The van der Waals surface area contributed by atoms with Crippen molar-refractivity contribution in [2.75, 3.05) is 6.61 Å². The number of benzene rings is 1. The predicted octanol–water partition coefficient (Wildman–Crippen LogP) is 3.83.